The standard InChI is InChI=1S/C14H18F3N3O/c1-10(21)19(2)11-5-8-20(9-6-11)13-12(14(15,16)17)4-3-7-18-13/h3-4,7,11H,5-6,8-9H2,1-2H3. The summed E-state index contributed by atoms with van der Waals surface area (Å²) in [5, 5.41) is 0. The maximum atomic E-state index is 13.0. The van der Waals surface area contributed by atoms with Crippen molar-refractivity contribution in [1.29, 1.82) is 0 Å². The van der Waals surface area contributed by atoms with Crippen LogP contribution in [0.3, 0.4) is 0 Å². The van der Waals surface area contributed by atoms with Gasteiger partial charge < -0.3 is 9.80 Å². The molecule has 0 spiro atoms. The maximum absolute atomic E-state index is 13.0. The van der Waals surface area contributed by atoms with Crippen molar-refractivity contribution in [1.82, 2.24) is 9.88 Å². The van der Waals surface area contributed by atoms with Crippen LogP contribution in [0.5, 0.6) is 0 Å². The van der Waals surface area contributed by atoms with E-state index in [1.165, 1.54) is 19.2 Å². The smallest absolute Gasteiger partial charge is 0.356 e. The van der Waals surface area contributed by atoms with Crippen LogP contribution in [0, 0.1) is 0 Å². The Morgan fingerprint density at radius 2 is 2.00 bits per heavy atom. The summed E-state index contributed by atoms with van der Waals surface area (Å²) in [5.41, 5.74) is -0.705. The van der Waals surface area contributed by atoms with Gasteiger partial charge in [-0.05, 0) is 25.0 Å². The third kappa shape index (κ3) is 3.46. The number of carbonyl (C=O) groups excluding carboxylic acids is 1. The van der Waals surface area contributed by atoms with Crippen molar-refractivity contribution in [3.63, 3.8) is 0 Å². The minimum absolute atomic E-state index is 0.0195. The van der Waals surface area contributed by atoms with Crippen LogP contribution in [0.15, 0.2) is 18.3 Å². The molecule has 0 radical (unpaired) electrons. The van der Waals surface area contributed by atoms with Crippen LogP contribution in [0.25, 0.3) is 0 Å². The SMILES string of the molecule is CC(=O)N(C)C1CCN(c2ncccc2C(F)(F)F)CC1. The molecule has 0 N–H and O–H groups in total. The topological polar surface area (TPSA) is 36.4 Å². The largest absolute Gasteiger partial charge is 0.419 e. The molecule has 1 fully saturated rings. The average molecular weight is 301 g/mol. The Kier molecular flexibility index (Phi) is 4.39. The molecule has 2 rings (SSSR count). The molecule has 1 saturated heterocycles. The minimum Gasteiger partial charge on any atom is -0.356 e. The first-order valence-corrected chi connectivity index (χ1v) is 6.81. The highest BCUT2D eigenvalue weighted by Gasteiger charge is 2.36. The van der Waals surface area contributed by atoms with E-state index in [4.69, 9.17) is 0 Å². The number of aromatic nitrogens is 1. The second kappa shape index (κ2) is 5.91. The molecule has 0 unspecified atom stereocenters. The summed E-state index contributed by atoms with van der Waals surface area (Å²) in [6, 6.07) is 2.43. The molecule has 4 nitrogen and oxygen atoms in total. The summed E-state index contributed by atoms with van der Waals surface area (Å²) in [6.45, 7) is 2.41. The first-order chi connectivity index (χ1) is 9.80. The Balaban J connectivity index is 2.11. The fraction of sp³-hybridized carbons (Fsp3) is 0.571. The van der Waals surface area contributed by atoms with E-state index >= 15 is 0 Å². The lowest BCUT2D eigenvalue weighted by Gasteiger charge is -2.37. The summed E-state index contributed by atoms with van der Waals surface area (Å²) in [4.78, 5) is 18.5. The number of carbonyl (C=O) groups is 1. The molecule has 2 heterocycles. The van der Waals surface area contributed by atoms with E-state index in [-0.39, 0.29) is 17.8 Å². The first kappa shape index (κ1) is 15.6. The van der Waals surface area contributed by atoms with Gasteiger partial charge in [0.25, 0.3) is 0 Å². The van der Waals surface area contributed by atoms with E-state index in [0.717, 1.165) is 6.07 Å². The lowest BCUT2D eigenvalue weighted by molar-refractivity contribution is -0.137. The summed E-state index contributed by atoms with van der Waals surface area (Å²) in [6.07, 6.45) is -1.75. The molecule has 0 atom stereocenters. The van der Waals surface area contributed by atoms with E-state index in [2.05, 4.69) is 4.98 Å². The highest BCUT2D eigenvalue weighted by Crippen LogP contribution is 2.36. The highest BCUT2D eigenvalue weighted by atomic mass is 19.4. The van der Waals surface area contributed by atoms with Crippen molar-refractivity contribution in [2.45, 2.75) is 32.0 Å². The number of anilines is 1. The molecule has 0 saturated carbocycles. The zero-order chi connectivity index (χ0) is 15.6. The molecule has 0 bridgehead atoms. The predicted octanol–water partition coefficient (Wildman–Crippen LogP) is 2.55. The van der Waals surface area contributed by atoms with Crippen LogP contribution in [0.4, 0.5) is 19.0 Å². The molecule has 1 aromatic rings. The molecule has 7 heteroatoms. The Bertz CT molecular complexity index is 510. The van der Waals surface area contributed by atoms with Gasteiger partial charge in [-0.25, -0.2) is 4.98 Å². The average Bonchev–Trinajstić information content (AvgIpc) is 2.45. The van der Waals surface area contributed by atoms with E-state index in [0.29, 0.717) is 25.9 Å². The lowest BCUT2D eigenvalue weighted by Crippen LogP contribution is -2.45. The van der Waals surface area contributed by atoms with Gasteiger partial charge in [-0.15, -0.1) is 0 Å². The fourth-order valence-electron chi connectivity index (χ4n) is 2.59. The Hall–Kier alpha value is -1.79. The number of piperidine rings is 1. The van der Waals surface area contributed by atoms with Crippen molar-refractivity contribution < 1.29 is 18.0 Å². The van der Waals surface area contributed by atoms with E-state index in [1.54, 1.807) is 16.8 Å². The van der Waals surface area contributed by atoms with Crippen molar-refractivity contribution in [3.05, 3.63) is 23.9 Å². The van der Waals surface area contributed by atoms with Gasteiger partial charge in [0.05, 0.1) is 5.56 Å². The second-order valence-corrected chi connectivity index (χ2v) is 5.22. The fourth-order valence-corrected chi connectivity index (χ4v) is 2.59. The Morgan fingerprint density at radius 1 is 1.38 bits per heavy atom. The molecule has 1 aromatic heterocycles. The molecular weight excluding hydrogens is 283 g/mol. The van der Waals surface area contributed by atoms with Crippen LogP contribution < -0.4 is 4.90 Å². The molecule has 1 aliphatic heterocycles. The zero-order valence-electron chi connectivity index (χ0n) is 12.0. The maximum Gasteiger partial charge on any atom is 0.419 e. The van der Waals surface area contributed by atoms with E-state index in [9.17, 15) is 18.0 Å². The van der Waals surface area contributed by atoms with Gasteiger partial charge in [0.1, 0.15) is 5.82 Å². The quantitative estimate of drug-likeness (QED) is 0.842. The van der Waals surface area contributed by atoms with Gasteiger partial charge in [-0.1, -0.05) is 0 Å². The van der Waals surface area contributed by atoms with Crippen molar-refractivity contribution in [3.8, 4) is 0 Å². The number of pyridine rings is 1. The summed E-state index contributed by atoms with van der Waals surface area (Å²) < 4.78 is 39.0. The molecule has 116 valence electrons. The Morgan fingerprint density at radius 3 is 2.52 bits per heavy atom. The minimum atomic E-state index is -4.41. The van der Waals surface area contributed by atoms with Crippen molar-refractivity contribution in [2.75, 3.05) is 25.0 Å². The van der Waals surface area contributed by atoms with Crippen LogP contribution in [0.1, 0.15) is 25.3 Å². The third-order valence-electron chi connectivity index (χ3n) is 3.90. The van der Waals surface area contributed by atoms with E-state index in [1.807, 2.05) is 0 Å². The number of alkyl halides is 3. The molecule has 1 aliphatic rings. The summed E-state index contributed by atoms with van der Waals surface area (Å²) in [5.74, 6) is -0.0452. The number of hydrogen-bond acceptors (Lipinski definition) is 3. The monoisotopic (exact) mass is 301 g/mol. The van der Waals surface area contributed by atoms with Crippen LogP contribution in [-0.4, -0.2) is 42.0 Å². The Labute approximate surface area is 121 Å². The number of nitrogens with zero attached hydrogens (tertiary/aromatic N) is 3. The van der Waals surface area contributed by atoms with E-state index < -0.39 is 11.7 Å². The number of hydrogen-bond donors (Lipinski definition) is 0. The van der Waals surface area contributed by atoms with Gasteiger partial charge in [0, 0.05) is 39.3 Å². The summed E-state index contributed by atoms with van der Waals surface area (Å²) >= 11 is 0. The van der Waals surface area contributed by atoms with Gasteiger partial charge in [-0.3, -0.25) is 4.79 Å². The van der Waals surface area contributed by atoms with Gasteiger partial charge in [0.15, 0.2) is 0 Å². The first-order valence-electron chi connectivity index (χ1n) is 6.81. The number of halogens is 3. The summed E-state index contributed by atoms with van der Waals surface area (Å²) in [7, 11) is 1.73. The second-order valence-electron chi connectivity index (χ2n) is 5.22. The molecular formula is C14H18F3N3O. The van der Waals surface area contributed by atoms with Crippen molar-refractivity contribution in [2.24, 2.45) is 0 Å². The molecule has 21 heavy (non-hydrogen) atoms. The lowest BCUT2D eigenvalue weighted by atomic mass is 10.0. The molecule has 0 aliphatic carbocycles. The normalized spacial score (nSPS) is 16.9. The van der Waals surface area contributed by atoms with Crippen molar-refractivity contribution >= 4 is 11.7 Å². The third-order valence-corrected chi connectivity index (χ3v) is 3.90. The molecule has 1 amide bonds. The van der Waals surface area contributed by atoms with Gasteiger partial charge in [0.2, 0.25) is 5.91 Å². The molecule has 0 aromatic carbocycles. The zero-order valence-corrected chi connectivity index (χ0v) is 12.0. The van der Waals surface area contributed by atoms with Gasteiger partial charge >= 0.3 is 6.18 Å². The number of rotatable bonds is 2. The van der Waals surface area contributed by atoms with Crippen LogP contribution in [-0.2, 0) is 11.0 Å². The van der Waals surface area contributed by atoms with Crippen LogP contribution >= 0.6 is 0 Å². The van der Waals surface area contributed by atoms with Gasteiger partial charge in [-0.2, -0.15) is 13.2 Å². The predicted molar refractivity (Wildman–Crippen MR) is 72.9 cm³/mol. The highest BCUT2D eigenvalue weighted by molar-refractivity contribution is 5.73. The van der Waals surface area contributed by atoms with Crippen LogP contribution in [0.2, 0.25) is 0 Å². The number of amides is 1.